The van der Waals surface area contributed by atoms with Crippen LogP contribution in [0.25, 0.3) is 0 Å². The second kappa shape index (κ2) is 4.41. The van der Waals surface area contributed by atoms with Crippen molar-refractivity contribution in [3.8, 4) is 0 Å². The van der Waals surface area contributed by atoms with E-state index in [1.807, 2.05) is 6.07 Å². The van der Waals surface area contributed by atoms with Crippen LogP contribution in [0.4, 0.5) is 5.69 Å². The van der Waals surface area contributed by atoms with Gasteiger partial charge in [-0.2, -0.15) is 0 Å². The van der Waals surface area contributed by atoms with Gasteiger partial charge in [0.2, 0.25) is 0 Å². The first-order valence-corrected chi connectivity index (χ1v) is 5.32. The highest BCUT2D eigenvalue weighted by Crippen LogP contribution is 2.22. The molecule has 12 heavy (non-hydrogen) atoms. The number of benzene rings is 1. The van der Waals surface area contributed by atoms with Crippen LogP contribution in [0.5, 0.6) is 0 Å². The molecular formula is C10H15NS. The molecule has 2 heteroatoms. The summed E-state index contributed by atoms with van der Waals surface area (Å²) < 4.78 is 2.29. The van der Waals surface area contributed by atoms with Crippen LogP contribution >= 0.6 is 11.9 Å². The van der Waals surface area contributed by atoms with Gasteiger partial charge >= 0.3 is 0 Å². The average Bonchev–Trinajstić information content (AvgIpc) is 2.07. The van der Waals surface area contributed by atoms with Crippen molar-refractivity contribution >= 4 is 17.6 Å². The Morgan fingerprint density at radius 2 is 1.75 bits per heavy atom. The largest absolute Gasteiger partial charge is 0.314 e. The highest BCUT2D eigenvalue weighted by atomic mass is 32.2. The maximum Gasteiger partial charge on any atom is 0.0472 e. The molecule has 0 aliphatic carbocycles. The van der Waals surface area contributed by atoms with E-state index in [-0.39, 0.29) is 0 Å². The summed E-state index contributed by atoms with van der Waals surface area (Å²) in [5.41, 5.74) is 1.28. The SMILES string of the molecule is CSN(c1ccccc1)C(C)C. The second-order valence-corrected chi connectivity index (χ2v) is 3.70. The van der Waals surface area contributed by atoms with Crippen LogP contribution in [0, 0.1) is 0 Å². The molecule has 1 aromatic rings. The smallest absolute Gasteiger partial charge is 0.0472 e. The molecule has 1 rings (SSSR count). The molecule has 0 saturated heterocycles. The van der Waals surface area contributed by atoms with E-state index in [2.05, 4.69) is 48.7 Å². The van der Waals surface area contributed by atoms with E-state index >= 15 is 0 Å². The fourth-order valence-corrected chi connectivity index (χ4v) is 1.94. The quantitative estimate of drug-likeness (QED) is 0.659. The number of nitrogens with zero attached hydrogens (tertiary/aromatic N) is 1. The molecule has 0 unspecified atom stereocenters. The Morgan fingerprint density at radius 1 is 1.17 bits per heavy atom. The highest BCUT2D eigenvalue weighted by molar-refractivity contribution is 8.00. The van der Waals surface area contributed by atoms with Gasteiger partial charge in [-0.05, 0) is 26.0 Å². The molecule has 0 fully saturated rings. The third-order valence-electron chi connectivity index (χ3n) is 1.68. The van der Waals surface area contributed by atoms with Crippen molar-refractivity contribution in [3.05, 3.63) is 30.3 Å². The lowest BCUT2D eigenvalue weighted by atomic mass is 10.3. The van der Waals surface area contributed by atoms with Crippen LogP contribution < -0.4 is 4.31 Å². The number of anilines is 1. The molecule has 0 aliphatic rings. The maximum atomic E-state index is 2.29. The molecule has 0 aliphatic heterocycles. The molecule has 0 atom stereocenters. The molecule has 1 aromatic carbocycles. The molecule has 0 spiro atoms. The summed E-state index contributed by atoms with van der Waals surface area (Å²) in [6, 6.07) is 11.0. The van der Waals surface area contributed by atoms with Crippen molar-refractivity contribution in [3.63, 3.8) is 0 Å². The normalized spacial score (nSPS) is 10.3. The van der Waals surface area contributed by atoms with Gasteiger partial charge in [0.1, 0.15) is 0 Å². The van der Waals surface area contributed by atoms with Crippen LogP contribution in [0.1, 0.15) is 13.8 Å². The number of hydrogen-bond donors (Lipinski definition) is 0. The van der Waals surface area contributed by atoms with Crippen LogP contribution in [-0.2, 0) is 0 Å². The van der Waals surface area contributed by atoms with Gasteiger partial charge in [0, 0.05) is 18.0 Å². The molecular weight excluding hydrogens is 166 g/mol. The maximum absolute atomic E-state index is 2.29. The van der Waals surface area contributed by atoms with E-state index in [1.165, 1.54) is 5.69 Å². The Balaban J connectivity index is 2.80. The first kappa shape index (κ1) is 9.46. The molecule has 0 radical (unpaired) electrons. The zero-order valence-electron chi connectivity index (χ0n) is 7.82. The highest BCUT2D eigenvalue weighted by Gasteiger charge is 2.07. The van der Waals surface area contributed by atoms with Gasteiger partial charge in [-0.15, -0.1) is 0 Å². The Hall–Kier alpha value is -0.630. The standard InChI is InChI=1S/C10H15NS/c1-9(2)11(12-3)10-7-5-4-6-8-10/h4-9H,1-3H3. The van der Waals surface area contributed by atoms with Crippen LogP contribution in [0.3, 0.4) is 0 Å². The van der Waals surface area contributed by atoms with Gasteiger partial charge in [-0.1, -0.05) is 30.1 Å². The Labute approximate surface area is 78.9 Å². The van der Waals surface area contributed by atoms with Gasteiger partial charge in [-0.25, -0.2) is 0 Å². The van der Waals surface area contributed by atoms with Crippen molar-refractivity contribution in [1.29, 1.82) is 0 Å². The predicted octanol–water partition coefficient (Wildman–Crippen LogP) is 3.18. The lowest BCUT2D eigenvalue weighted by Crippen LogP contribution is -2.22. The van der Waals surface area contributed by atoms with E-state index in [1.54, 1.807) is 11.9 Å². The summed E-state index contributed by atoms with van der Waals surface area (Å²) in [7, 11) is 0. The third-order valence-corrected chi connectivity index (χ3v) is 2.70. The molecule has 0 saturated carbocycles. The molecule has 66 valence electrons. The Morgan fingerprint density at radius 3 is 2.17 bits per heavy atom. The van der Waals surface area contributed by atoms with Crippen molar-refractivity contribution in [2.75, 3.05) is 10.6 Å². The summed E-state index contributed by atoms with van der Waals surface area (Å²) in [4.78, 5) is 0. The van der Waals surface area contributed by atoms with Crippen molar-refractivity contribution in [1.82, 2.24) is 0 Å². The molecule has 0 bridgehead atoms. The fourth-order valence-electron chi connectivity index (χ4n) is 1.19. The van der Waals surface area contributed by atoms with E-state index in [0.717, 1.165) is 0 Å². The van der Waals surface area contributed by atoms with Gasteiger partial charge in [0.15, 0.2) is 0 Å². The molecule has 0 amide bonds. The lowest BCUT2D eigenvalue weighted by Gasteiger charge is -2.25. The zero-order chi connectivity index (χ0) is 8.97. The van der Waals surface area contributed by atoms with Crippen molar-refractivity contribution in [2.45, 2.75) is 19.9 Å². The van der Waals surface area contributed by atoms with Gasteiger partial charge in [0.05, 0.1) is 0 Å². The first-order chi connectivity index (χ1) is 5.75. The minimum absolute atomic E-state index is 0.544. The number of rotatable bonds is 3. The van der Waals surface area contributed by atoms with E-state index < -0.39 is 0 Å². The Kier molecular flexibility index (Phi) is 3.48. The summed E-state index contributed by atoms with van der Waals surface area (Å²) in [6.07, 6.45) is 2.10. The van der Waals surface area contributed by atoms with E-state index in [9.17, 15) is 0 Å². The Bertz CT molecular complexity index is 221. The molecule has 0 heterocycles. The van der Waals surface area contributed by atoms with Crippen molar-refractivity contribution < 1.29 is 0 Å². The fraction of sp³-hybridized carbons (Fsp3) is 0.400. The van der Waals surface area contributed by atoms with Crippen molar-refractivity contribution in [2.24, 2.45) is 0 Å². The van der Waals surface area contributed by atoms with Crippen LogP contribution in [0.2, 0.25) is 0 Å². The minimum Gasteiger partial charge on any atom is -0.314 e. The van der Waals surface area contributed by atoms with Crippen LogP contribution in [-0.4, -0.2) is 12.3 Å². The first-order valence-electron chi connectivity index (χ1n) is 4.14. The summed E-state index contributed by atoms with van der Waals surface area (Å²) >= 11 is 1.76. The van der Waals surface area contributed by atoms with Crippen LogP contribution in [0.15, 0.2) is 30.3 Å². The zero-order valence-corrected chi connectivity index (χ0v) is 8.64. The topological polar surface area (TPSA) is 3.24 Å². The second-order valence-electron chi connectivity index (χ2n) is 2.94. The monoisotopic (exact) mass is 181 g/mol. The number of para-hydroxylation sites is 1. The summed E-state index contributed by atoms with van der Waals surface area (Å²) in [6.45, 7) is 4.40. The van der Waals surface area contributed by atoms with Gasteiger partial charge in [-0.3, -0.25) is 0 Å². The average molecular weight is 181 g/mol. The molecule has 0 aromatic heterocycles. The predicted molar refractivity (Wildman–Crippen MR) is 57.6 cm³/mol. The third kappa shape index (κ3) is 2.18. The lowest BCUT2D eigenvalue weighted by molar-refractivity contribution is 0.838. The summed E-state index contributed by atoms with van der Waals surface area (Å²) in [5.74, 6) is 0. The number of hydrogen-bond acceptors (Lipinski definition) is 2. The van der Waals surface area contributed by atoms with E-state index in [4.69, 9.17) is 0 Å². The van der Waals surface area contributed by atoms with Gasteiger partial charge in [0.25, 0.3) is 0 Å². The molecule has 1 nitrogen and oxygen atoms in total. The summed E-state index contributed by atoms with van der Waals surface area (Å²) in [5, 5.41) is 0. The minimum atomic E-state index is 0.544. The van der Waals surface area contributed by atoms with Gasteiger partial charge < -0.3 is 4.31 Å². The molecule has 0 N–H and O–H groups in total. The van der Waals surface area contributed by atoms with E-state index in [0.29, 0.717) is 6.04 Å².